The van der Waals surface area contributed by atoms with E-state index in [1.165, 1.54) is 23.6 Å². The topological polar surface area (TPSA) is 525 Å². The lowest BCUT2D eigenvalue weighted by atomic mass is 9.84. The molecule has 35 nitrogen and oxygen atoms in total. The Balaban J connectivity index is 0.000000265. The summed E-state index contributed by atoms with van der Waals surface area (Å²) in [5.74, 6) is -7.13. The lowest BCUT2D eigenvalue weighted by molar-refractivity contribution is -0.143. The summed E-state index contributed by atoms with van der Waals surface area (Å²) in [6.07, 6.45) is 15.8. The molecular formula is C92H128N20O15. The first-order valence-corrected chi connectivity index (χ1v) is 45.1. The maximum Gasteiger partial charge on any atom is 0.312 e. The van der Waals surface area contributed by atoms with Crippen molar-refractivity contribution in [3.8, 4) is 0 Å². The van der Waals surface area contributed by atoms with Gasteiger partial charge in [-0.05, 0) is 130 Å². The van der Waals surface area contributed by atoms with Crippen molar-refractivity contribution in [1.29, 1.82) is 0 Å². The van der Waals surface area contributed by atoms with E-state index in [0.29, 0.717) is 44.9 Å². The summed E-state index contributed by atoms with van der Waals surface area (Å²) in [6.45, 7) is 3.57. The number of para-hydroxylation sites is 1. The van der Waals surface area contributed by atoms with Gasteiger partial charge in [-0.25, -0.2) is 4.79 Å². The van der Waals surface area contributed by atoms with Gasteiger partial charge in [-0.15, -0.1) is 0 Å². The van der Waals surface area contributed by atoms with Gasteiger partial charge in [0.05, 0.1) is 0 Å². The van der Waals surface area contributed by atoms with Gasteiger partial charge in [0.2, 0.25) is 82.7 Å². The van der Waals surface area contributed by atoms with Crippen LogP contribution in [0, 0.1) is 11.8 Å². The van der Waals surface area contributed by atoms with Crippen LogP contribution in [0.3, 0.4) is 0 Å². The molecule has 2 saturated carbocycles. The van der Waals surface area contributed by atoms with Crippen LogP contribution in [-0.4, -0.2) is 221 Å². The molecule has 4 aliphatic heterocycles. The molecule has 12 atom stereocenters. The van der Waals surface area contributed by atoms with E-state index in [1.807, 2.05) is 115 Å². The molecule has 0 spiro atoms. The highest BCUT2D eigenvalue weighted by Crippen LogP contribution is 2.31. The van der Waals surface area contributed by atoms with E-state index in [9.17, 15) is 71.9 Å². The maximum absolute atomic E-state index is 14.6. The Morgan fingerprint density at radius 2 is 0.843 bits per heavy atom. The normalized spacial score (nSPS) is 23.6. The summed E-state index contributed by atoms with van der Waals surface area (Å²) in [5.41, 5.74) is 20.3. The molecule has 127 heavy (non-hydrogen) atoms. The number of benzene rings is 4. The molecule has 0 radical (unpaired) electrons. The number of carbonyl (C=O) groups excluding carboxylic acids is 15. The van der Waals surface area contributed by atoms with Gasteiger partial charge in [0.25, 0.3) is 0 Å². The third-order valence-corrected chi connectivity index (χ3v) is 24.5. The number of hydrogen-bond acceptors (Lipinski definition) is 16. The van der Waals surface area contributed by atoms with Crippen molar-refractivity contribution >= 4 is 106 Å². The fourth-order valence-corrected chi connectivity index (χ4v) is 17.9. The number of carbonyl (C=O) groups is 15. The number of nitrogens with two attached hydrogens (primary N) is 3. The predicted octanol–water partition coefficient (Wildman–Crippen LogP) is 2.56. The number of nitrogens with zero attached hydrogens (tertiary/aromatic N) is 3. The predicted molar refractivity (Wildman–Crippen MR) is 476 cm³/mol. The molecule has 1 aromatic heterocycles. The van der Waals surface area contributed by atoms with Crippen LogP contribution in [0.2, 0.25) is 0 Å². The van der Waals surface area contributed by atoms with Gasteiger partial charge >= 0.3 is 6.03 Å². The highest BCUT2D eigenvalue weighted by Gasteiger charge is 2.44. The van der Waals surface area contributed by atoms with E-state index in [1.54, 1.807) is 6.20 Å². The van der Waals surface area contributed by atoms with E-state index < -0.39 is 161 Å². The Kier molecular flexibility index (Phi) is 37.7. The SMILES string of the molecule is CC(=O)N[C@@H](Cc1ccccc1)C(=O)N[C@H]1CCCNC(=O)[C@H](CCCN=C(N)N)NC(=O)[C@H](Cc2ccccc2)NC(=O)[C@@H](CC2CCCCC2)NC(=O)[C@@H]2CCCN2C1=O.CC(=O)N[C@@H](Cc1ccccc1)C(=O)N[C@H]1CCCNC(=O)[C@H](CCCNC(N)=O)NC(=O)[C@H](Cc2c[nH]c3ccccc23)NC(=O)[C@@H](CC2CCCCC2)NC(=O)[C@@H]2CCCN2C1=O. The van der Waals surface area contributed by atoms with Crippen molar-refractivity contribution in [2.45, 2.75) is 266 Å². The molecule has 4 aromatic carbocycles. The zero-order valence-corrected chi connectivity index (χ0v) is 72.9. The highest BCUT2D eigenvalue weighted by molar-refractivity contribution is 6.00. The zero-order chi connectivity index (χ0) is 90.7. The third kappa shape index (κ3) is 30.4. The number of nitrogens with one attached hydrogen (secondary N) is 14. The van der Waals surface area contributed by atoms with Gasteiger partial charge in [0.15, 0.2) is 5.96 Å². The fourth-order valence-electron chi connectivity index (χ4n) is 17.9. The number of primary amides is 1. The van der Waals surface area contributed by atoms with Gasteiger partial charge in [-0.1, -0.05) is 173 Å². The zero-order valence-electron chi connectivity index (χ0n) is 72.9. The molecular weight excluding hydrogens is 1630 g/mol. The molecule has 686 valence electrons. The minimum Gasteiger partial charge on any atom is -0.370 e. The molecule has 4 saturated heterocycles. The Hall–Kier alpha value is -12.5. The number of rotatable bonds is 26. The lowest BCUT2D eigenvalue weighted by Crippen LogP contribution is -2.60. The largest absolute Gasteiger partial charge is 0.370 e. The van der Waals surface area contributed by atoms with E-state index >= 15 is 0 Å². The number of guanidine groups is 1. The van der Waals surface area contributed by atoms with Crippen LogP contribution in [0.15, 0.2) is 126 Å². The van der Waals surface area contributed by atoms with Crippen LogP contribution in [0.4, 0.5) is 4.79 Å². The number of fused-ring (bicyclic) bond motifs is 3. The molecule has 20 N–H and O–H groups in total. The minimum atomic E-state index is -1.16. The monoisotopic (exact) mass is 1750 g/mol. The summed E-state index contributed by atoms with van der Waals surface area (Å²) in [6, 6.07) is 21.7. The fraction of sp³-hybridized carbons (Fsp3) is 0.543. The second kappa shape index (κ2) is 49.4. The Morgan fingerprint density at radius 1 is 0.433 bits per heavy atom. The van der Waals surface area contributed by atoms with Crippen molar-refractivity contribution in [3.63, 3.8) is 0 Å². The van der Waals surface area contributed by atoms with Crippen LogP contribution in [0.25, 0.3) is 10.9 Å². The molecule has 6 fully saturated rings. The van der Waals surface area contributed by atoms with Crippen LogP contribution < -0.4 is 86.3 Å². The quantitative estimate of drug-likeness (QED) is 0.0215. The van der Waals surface area contributed by atoms with Crippen LogP contribution >= 0.6 is 0 Å². The molecule has 5 aromatic rings. The van der Waals surface area contributed by atoms with Gasteiger partial charge in [0, 0.05) is 95.9 Å². The second-order valence-electron chi connectivity index (χ2n) is 34.2. The average molecular weight is 1750 g/mol. The summed E-state index contributed by atoms with van der Waals surface area (Å²) in [4.78, 5) is 217. The molecule has 16 amide bonds. The van der Waals surface area contributed by atoms with Crippen LogP contribution in [0.5, 0.6) is 0 Å². The first-order chi connectivity index (χ1) is 61.2. The Bertz CT molecular complexity index is 4600. The number of aromatic amines is 1. The number of H-pyrrole nitrogens is 1. The van der Waals surface area contributed by atoms with Gasteiger partial charge < -0.3 is 101 Å². The van der Waals surface area contributed by atoms with E-state index in [-0.39, 0.29) is 128 Å². The van der Waals surface area contributed by atoms with E-state index in [0.717, 1.165) is 97.4 Å². The van der Waals surface area contributed by atoms with Crippen LogP contribution in [-0.2, 0) is 92.8 Å². The number of aromatic nitrogens is 1. The standard InChI is InChI=1S/C47H64N10O8.C45H64N10O7/c1-29(58)52-37(25-30-13-4-2-5-14-30)42(60)54-36-20-11-22-49-41(59)35(19-10-23-50-47(48)65)53-44(62)39(27-32-28-51-34-18-9-8-17-33(32)34)55-43(61)38(26-31-15-6-3-7-16-31)56-45(63)40-21-12-24-57(40)46(36)64;1-29(56)50-35(26-30-14-5-2-6-15-30)40(58)52-34-21-12-23-48-39(57)33(20-11-24-49-45(46)47)51-41(59)36(27-31-16-7-3-8-17-31)53-42(60)37(28-32-18-9-4-10-19-32)54-43(61)38-22-13-25-55(38)44(34)62/h2,4-5,8-9,13-14,17-18,28,31,35-40,51H,3,6-7,10-12,15-16,19-27H2,1H3,(H,49,59)(H,52,58)(H,53,62)(H,54,60)(H,55,61)(H,56,63)(H3,48,50,65);2-3,5-8,14-17,32-38H,4,9-13,18-28H2,1H3,(H,48,57)(H,50,56)(H,51,59)(H,52,58)(H,53,60)(H,54,61)(H4,46,47,49)/t35-,36-,37-,38+,39-,40-;33-,34-,35-,36-,37+,38-/m00/s1. The van der Waals surface area contributed by atoms with Gasteiger partial charge in [-0.2, -0.15) is 0 Å². The lowest BCUT2D eigenvalue weighted by Gasteiger charge is -2.32. The molecule has 11 rings (SSSR count). The summed E-state index contributed by atoms with van der Waals surface area (Å²) < 4.78 is 0. The Morgan fingerprint density at radius 3 is 1.29 bits per heavy atom. The van der Waals surface area contributed by atoms with E-state index in [4.69, 9.17) is 17.2 Å². The molecule has 6 aliphatic rings. The third-order valence-electron chi connectivity index (χ3n) is 24.5. The first-order valence-electron chi connectivity index (χ1n) is 45.1. The van der Waals surface area contributed by atoms with Crippen molar-refractivity contribution in [2.75, 3.05) is 39.3 Å². The maximum atomic E-state index is 14.6. The molecule has 35 heteroatoms. The highest BCUT2D eigenvalue weighted by atomic mass is 16.2. The minimum absolute atomic E-state index is 0.0474. The molecule has 2 aliphatic carbocycles. The smallest absolute Gasteiger partial charge is 0.312 e. The van der Waals surface area contributed by atoms with Crippen LogP contribution in [0.1, 0.15) is 190 Å². The number of aliphatic imine (C=N–C) groups is 1. The average Bonchev–Trinajstić information content (AvgIpc) is 1.73. The van der Waals surface area contributed by atoms with Crippen molar-refractivity contribution in [3.05, 3.63) is 144 Å². The summed E-state index contributed by atoms with van der Waals surface area (Å²) in [5, 5.41) is 37.8. The number of urea groups is 1. The summed E-state index contributed by atoms with van der Waals surface area (Å²) in [7, 11) is 0. The number of amides is 16. The number of hydrogen-bond donors (Lipinski definition) is 17. The first kappa shape index (κ1) is 96.7. The second-order valence-corrected chi connectivity index (χ2v) is 34.2. The molecule has 5 heterocycles. The molecule has 0 bridgehead atoms. The van der Waals surface area contributed by atoms with E-state index in [2.05, 4.69) is 79.1 Å². The van der Waals surface area contributed by atoms with Crippen molar-refractivity contribution in [2.24, 2.45) is 34.0 Å². The van der Waals surface area contributed by atoms with Gasteiger partial charge in [-0.3, -0.25) is 72.1 Å². The van der Waals surface area contributed by atoms with Gasteiger partial charge in [0.1, 0.15) is 72.5 Å². The summed E-state index contributed by atoms with van der Waals surface area (Å²) >= 11 is 0. The van der Waals surface area contributed by atoms with Crippen molar-refractivity contribution in [1.82, 2.24) is 83.9 Å². The Labute approximate surface area is 741 Å². The van der Waals surface area contributed by atoms with Crippen molar-refractivity contribution < 1.29 is 71.9 Å². The molecule has 0 unspecified atom stereocenters.